The van der Waals surface area contributed by atoms with Crippen LogP contribution in [0.3, 0.4) is 0 Å². The smallest absolute Gasteiger partial charge is 0.275 e. The second-order valence-electron chi connectivity index (χ2n) is 4.65. The zero-order valence-corrected chi connectivity index (χ0v) is 14.1. The van der Waals surface area contributed by atoms with Crippen LogP contribution >= 0.6 is 27.3 Å². The molecule has 0 atom stereocenters. The molecule has 1 aromatic carbocycles. The summed E-state index contributed by atoms with van der Waals surface area (Å²) in [6.45, 7) is 3.19. The maximum absolute atomic E-state index is 11.8. The number of halogens is 1. The Morgan fingerprint density at radius 2 is 2.23 bits per heavy atom. The lowest BCUT2D eigenvalue weighted by Gasteiger charge is -2.19. The van der Waals surface area contributed by atoms with Gasteiger partial charge in [-0.1, -0.05) is 27.3 Å². The quantitative estimate of drug-likeness (QED) is 0.753. The lowest BCUT2D eigenvalue weighted by atomic mass is 10.2. The summed E-state index contributed by atoms with van der Waals surface area (Å²) in [6.07, 6.45) is 1.48. The third-order valence-corrected chi connectivity index (χ3v) is 4.69. The number of hydrogen-bond acceptors (Lipinski definition) is 6. The van der Waals surface area contributed by atoms with Crippen LogP contribution in [0.1, 0.15) is 12.5 Å². The Morgan fingerprint density at radius 3 is 2.95 bits per heavy atom. The highest BCUT2D eigenvalue weighted by atomic mass is 79.9. The van der Waals surface area contributed by atoms with Gasteiger partial charge in [0.15, 0.2) is 0 Å². The van der Waals surface area contributed by atoms with E-state index in [9.17, 15) is 9.90 Å². The van der Waals surface area contributed by atoms with Gasteiger partial charge in [0, 0.05) is 35.4 Å². The Morgan fingerprint density at radius 1 is 1.41 bits per heavy atom. The fourth-order valence-electron chi connectivity index (χ4n) is 2.06. The lowest BCUT2D eigenvalue weighted by molar-refractivity contribution is 0.467. The first kappa shape index (κ1) is 15.0. The largest absolute Gasteiger partial charge is 0.508 e. The van der Waals surface area contributed by atoms with Crippen molar-refractivity contribution in [3.05, 3.63) is 50.9 Å². The van der Waals surface area contributed by atoms with Crippen LogP contribution in [0.5, 0.6) is 5.75 Å². The number of anilines is 1. The summed E-state index contributed by atoms with van der Waals surface area (Å²) in [5.41, 5.74) is 0.588. The van der Waals surface area contributed by atoms with E-state index in [1.807, 2.05) is 17.9 Å². The molecule has 0 aliphatic heterocycles. The first-order valence-electron chi connectivity index (χ1n) is 6.65. The van der Waals surface area contributed by atoms with Crippen molar-refractivity contribution in [1.82, 2.24) is 14.6 Å². The average molecular weight is 381 g/mol. The van der Waals surface area contributed by atoms with Crippen LogP contribution < -0.4 is 10.5 Å². The van der Waals surface area contributed by atoms with Crippen molar-refractivity contribution in [1.29, 1.82) is 0 Å². The van der Waals surface area contributed by atoms with Crippen LogP contribution in [0.15, 0.2) is 39.7 Å². The maximum Gasteiger partial charge on any atom is 0.275 e. The molecule has 8 heteroatoms. The molecule has 0 bridgehead atoms. The fraction of sp³-hybridized carbons (Fsp3) is 0.214. The van der Waals surface area contributed by atoms with Crippen molar-refractivity contribution in [2.75, 3.05) is 11.4 Å². The fourth-order valence-corrected chi connectivity index (χ4v) is 3.41. The summed E-state index contributed by atoms with van der Waals surface area (Å²) >= 11 is 4.75. The van der Waals surface area contributed by atoms with Gasteiger partial charge in [-0.3, -0.25) is 4.79 Å². The monoisotopic (exact) mass is 380 g/mol. The molecule has 0 unspecified atom stereocenters. The van der Waals surface area contributed by atoms with Gasteiger partial charge in [0.05, 0.1) is 0 Å². The average Bonchev–Trinajstić information content (AvgIpc) is 2.93. The number of benzene rings is 1. The van der Waals surface area contributed by atoms with Crippen LogP contribution in [-0.4, -0.2) is 26.2 Å². The van der Waals surface area contributed by atoms with Gasteiger partial charge in [0.2, 0.25) is 10.1 Å². The predicted octanol–water partition coefficient (Wildman–Crippen LogP) is 2.65. The van der Waals surface area contributed by atoms with E-state index >= 15 is 0 Å². The number of aromatic hydroxyl groups is 1. The number of rotatable bonds is 4. The molecule has 0 aliphatic rings. The van der Waals surface area contributed by atoms with Gasteiger partial charge in [-0.25, -0.2) is 4.98 Å². The minimum atomic E-state index is -0.200. The Bertz CT molecular complexity index is 877. The Labute approximate surface area is 138 Å². The van der Waals surface area contributed by atoms with Gasteiger partial charge in [-0.15, -0.1) is 5.10 Å². The molecule has 6 nitrogen and oxygen atoms in total. The number of fused-ring (bicyclic) bond motifs is 1. The molecule has 0 saturated carbocycles. The van der Waals surface area contributed by atoms with E-state index in [1.165, 1.54) is 28.1 Å². The van der Waals surface area contributed by atoms with Gasteiger partial charge in [-0.2, -0.15) is 4.52 Å². The van der Waals surface area contributed by atoms with Crippen LogP contribution in [0.25, 0.3) is 4.96 Å². The number of nitrogens with zero attached hydrogens (tertiary/aromatic N) is 4. The number of aromatic nitrogens is 3. The van der Waals surface area contributed by atoms with Crippen LogP contribution in [0.2, 0.25) is 0 Å². The highest BCUT2D eigenvalue weighted by molar-refractivity contribution is 9.10. The van der Waals surface area contributed by atoms with Gasteiger partial charge < -0.3 is 10.0 Å². The van der Waals surface area contributed by atoms with Crippen molar-refractivity contribution in [2.45, 2.75) is 13.5 Å². The van der Waals surface area contributed by atoms with E-state index < -0.39 is 0 Å². The molecule has 114 valence electrons. The molecule has 0 saturated heterocycles. The summed E-state index contributed by atoms with van der Waals surface area (Å²) in [7, 11) is 0. The van der Waals surface area contributed by atoms with Gasteiger partial charge >= 0.3 is 0 Å². The topological polar surface area (TPSA) is 70.7 Å². The highest BCUT2D eigenvalue weighted by Gasteiger charge is 2.14. The minimum Gasteiger partial charge on any atom is -0.508 e. The standard InChI is InChI=1S/C14H13BrN4O2S/c1-2-18(8-9-7-10(15)3-4-11(9)20)14-17-19-12(21)5-6-16-13(19)22-14/h3-7,20H,2,8H2,1H3. The molecule has 0 fully saturated rings. The van der Waals surface area contributed by atoms with Crippen molar-refractivity contribution in [3.63, 3.8) is 0 Å². The maximum atomic E-state index is 11.8. The molecule has 1 N–H and O–H groups in total. The molecule has 0 aliphatic carbocycles. The molecular weight excluding hydrogens is 368 g/mol. The van der Waals surface area contributed by atoms with E-state index in [-0.39, 0.29) is 11.3 Å². The lowest BCUT2D eigenvalue weighted by Crippen LogP contribution is -2.22. The van der Waals surface area contributed by atoms with Crippen LogP contribution in [0, 0.1) is 0 Å². The van der Waals surface area contributed by atoms with E-state index in [0.717, 1.165) is 10.0 Å². The summed E-state index contributed by atoms with van der Waals surface area (Å²) in [4.78, 5) is 18.5. The molecule has 2 heterocycles. The van der Waals surface area contributed by atoms with Gasteiger partial charge in [0.25, 0.3) is 5.56 Å². The molecule has 3 aromatic rings. The normalized spacial score (nSPS) is 11.0. The van der Waals surface area contributed by atoms with Gasteiger partial charge in [0.1, 0.15) is 5.75 Å². The second-order valence-corrected chi connectivity index (χ2v) is 6.50. The first-order chi connectivity index (χ1) is 10.6. The zero-order valence-electron chi connectivity index (χ0n) is 11.7. The molecule has 22 heavy (non-hydrogen) atoms. The van der Waals surface area contributed by atoms with Gasteiger partial charge in [-0.05, 0) is 25.1 Å². The van der Waals surface area contributed by atoms with Crippen molar-refractivity contribution >= 4 is 37.4 Å². The third-order valence-electron chi connectivity index (χ3n) is 3.22. The summed E-state index contributed by atoms with van der Waals surface area (Å²) in [6, 6.07) is 6.69. The van der Waals surface area contributed by atoms with Crippen molar-refractivity contribution in [2.24, 2.45) is 0 Å². The van der Waals surface area contributed by atoms with Crippen LogP contribution in [-0.2, 0) is 6.54 Å². The second kappa shape index (κ2) is 6.05. The Kier molecular flexibility index (Phi) is 4.12. The zero-order chi connectivity index (χ0) is 15.7. The number of phenolic OH excluding ortho intramolecular Hbond substituents is 1. The molecule has 0 spiro atoms. The van der Waals surface area contributed by atoms with Crippen LogP contribution in [0.4, 0.5) is 5.13 Å². The van der Waals surface area contributed by atoms with E-state index in [4.69, 9.17) is 0 Å². The third kappa shape index (κ3) is 2.84. The Hall–Kier alpha value is -1.93. The summed E-state index contributed by atoms with van der Waals surface area (Å²) in [5, 5.41) is 15.0. The van der Waals surface area contributed by atoms with E-state index in [2.05, 4.69) is 26.0 Å². The SMILES string of the molecule is CCN(Cc1cc(Br)ccc1O)c1nn2c(=O)ccnc2s1. The van der Waals surface area contributed by atoms with E-state index in [0.29, 0.717) is 23.2 Å². The van der Waals surface area contributed by atoms with E-state index in [1.54, 1.807) is 12.1 Å². The number of hydrogen-bond donors (Lipinski definition) is 1. The number of phenols is 1. The predicted molar refractivity (Wildman–Crippen MR) is 89.7 cm³/mol. The van der Waals surface area contributed by atoms with Crippen molar-refractivity contribution < 1.29 is 5.11 Å². The molecular formula is C14H13BrN4O2S. The molecule has 2 aromatic heterocycles. The summed E-state index contributed by atoms with van der Waals surface area (Å²) in [5.74, 6) is 0.234. The van der Waals surface area contributed by atoms with Crippen molar-refractivity contribution in [3.8, 4) is 5.75 Å². The molecule has 0 amide bonds. The molecule has 0 radical (unpaired) electrons. The molecule has 3 rings (SSSR count). The summed E-state index contributed by atoms with van der Waals surface area (Å²) < 4.78 is 2.20. The minimum absolute atomic E-state index is 0.200. The Balaban J connectivity index is 1.97. The first-order valence-corrected chi connectivity index (χ1v) is 8.26. The highest BCUT2D eigenvalue weighted by Crippen LogP contribution is 2.27.